The second-order valence-corrected chi connectivity index (χ2v) is 9.03. The summed E-state index contributed by atoms with van der Waals surface area (Å²) in [6.07, 6.45) is 0. The maximum absolute atomic E-state index is 12.6. The Morgan fingerprint density at radius 1 is 1.43 bits per heavy atom. The molecule has 0 spiro atoms. The Kier molecular flexibility index (Phi) is 6.10. The maximum atomic E-state index is 12.6. The maximum Gasteiger partial charge on any atom is 0.352 e. The average molecular weight is 442 g/mol. The Morgan fingerprint density at radius 2 is 2.18 bits per heavy atom. The normalized spacial score (nSPS) is 21.8. The van der Waals surface area contributed by atoms with Crippen molar-refractivity contribution in [2.24, 2.45) is 5.16 Å². The molecule has 0 aromatic carbocycles. The third kappa shape index (κ3) is 3.80. The number of nitrogens with zero attached hydrogens (tertiary/aromatic N) is 2. The van der Waals surface area contributed by atoms with Gasteiger partial charge in [0.15, 0.2) is 10.8 Å². The van der Waals surface area contributed by atoms with Crippen LogP contribution in [0.4, 0.5) is 0 Å². The third-order valence-electron chi connectivity index (χ3n) is 4.06. The number of oxime groups is 1. The topological polar surface area (TPSA) is 136 Å². The zero-order valence-corrected chi connectivity index (χ0v) is 16.9. The molecule has 2 amide bonds. The van der Waals surface area contributed by atoms with Crippen LogP contribution in [0.25, 0.3) is 0 Å². The van der Waals surface area contributed by atoms with Gasteiger partial charge >= 0.3 is 5.97 Å². The lowest BCUT2D eigenvalue weighted by molar-refractivity contribution is -0.150. The van der Waals surface area contributed by atoms with Gasteiger partial charge in [-0.2, -0.15) is 0 Å². The van der Waals surface area contributed by atoms with Gasteiger partial charge in [-0.3, -0.25) is 19.3 Å². The molecule has 3 heterocycles. The van der Waals surface area contributed by atoms with E-state index in [4.69, 9.17) is 5.21 Å². The van der Waals surface area contributed by atoms with Gasteiger partial charge in [-0.1, -0.05) is 23.0 Å². The zero-order chi connectivity index (χ0) is 20.4. The van der Waals surface area contributed by atoms with Gasteiger partial charge < -0.3 is 15.6 Å². The molecule has 3 N–H and O–H groups in total. The molecule has 0 saturated carbocycles. The molecule has 0 radical (unpaired) electrons. The van der Waals surface area contributed by atoms with Crippen LogP contribution in [0.15, 0.2) is 33.9 Å². The highest BCUT2D eigenvalue weighted by molar-refractivity contribution is 8.13. The van der Waals surface area contributed by atoms with Crippen LogP contribution in [0.1, 0.15) is 11.8 Å². The molecule has 9 nitrogen and oxygen atoms in total. The average Bonchev–Trinajstić information content (AvgIpc) is 3.18. The number of hydrogen-bond donors (Lipinski definition) is 3. The van der Waals surface area contributed by atoms with Gasteiger partial charge in [0.1, 0.15) is 17.1 Å². The lowest BCUT2D eigenvalue weighted by atomic mass is 10.0. The Labute approximate surface area is 171 Å². The first-order chi connectivity index (χ1) is 13.3. The van der Waals surface area contributed by atoms with Gasteiger partial charge in [-0.05, 0) is 17.0 Å². The number of amides is 2. The predicted molar refractivity (Wildman–Crippen MR) is 105 cm³/mol. The molecule has 1 saturated heterocycles. The summed E-state index contributed by atoms with van der Waals surface area (Å²) in [5.74, 6) is -2.01. The van der Waals surface area contributed by atoms with Gasteiger partial charge in [0.2, 0.25) is 0 Å². The number of carbonyl (C=O) groups excluding carboxylic acids is 3. The second-order valence-electron chi connectivity index (χ2n) is 5.82. The van der Waals surface area contributed by atoms with Crippen LogP contribution in [0, 0.1) is 0 Å². The van der Waals surface area contributed by atoms with Crippen LogP contribution >= 0.6 is 34.9 Å². The smallest absolute Gasteiger partial charge is 0.352 e. The number of nitrogens with one attached hydrogen (secondary N) is 1. The number of carboxylic acids is 1. The van der Waals surface area contributed by atoms with E-state index in [9.17, 15) is 24.3 Å². The molecule has 0 unspecified atom stereocenters. The monoisotopic (exact) mass is 441 g/mol. The van der Waals surface area contributed by atoms with Crippen molar-refractivity contribution in [2.75, 3.05) is 11.5 Å². The molecule has 1 aromatic heterocycles. The molecule has 1 fully saturated rings. The van der Waals surface area contributed by atoms with Gasteiger partial charge in [0.25, 0.3) is 11.8 Å². The van der Waals surface area contributed by atoms with Gasteiger partial charge in [0.05, 0.1) is 4.88 Å². The standard InChI is InChI=1S/C16H15N3O6S3/c1-7(20)27-5-8-6-28-15-11(14(22)19(15)12(8)16(23)24)17-13(21)10(18-25)9-3-2-4-26-9/h2-4,11,15,25H,5-6H2,1H3,(H,17,21)(H,23,24)/t11-,15-/m1/s1. The van der Waals surface area contributed by atoms with E-state index in [2.05, 4.69) is 10.5 Å². The second kappa shape index (κ2) is 8.37. The lowest BCUT2D eigenvalue weighted by Crippen LogP contribution is -2.71. The molecular formula is C16H15N3O6S3. The summed E-state index contributed by atoms with van der Waals surface area (Å²) in [6.45, 7) is 1.39. The number of aliphatic carboxylic acids is 1. The summed E-state index contributed by atoms with van der Waals surface area (Å²) in [7, 11) is 0. The van der Waals surface area contributed by atoms with Crippen molar-refractivity contribution in [2.45, 2.75) is 18.3 Å². The van der Waals surface area contributed by atoms with Crippen LogP contribution in [-0.2, 0) is 19.2 Å². The third-order valence-corrected chi connectivity index (χ3v) is 7.17. The molecular weight excluding hydrogens is 426 g/mol. The minimum absolute atomic E-state index is 0.137. The first-order valence-electron chi connectivity index (χ1n) is 7.95. The fourth-order valence-corrected chi connectivity index (χ4v) is 5.61. The van der Waals surface area contributed by atoms with Crippen LogP contribution in [0.5, 0.6) is 0 Å². The van der Waals surface area contributed by atoms with Crippen molar-refractivity contribution in [3.63, 3.8) is 0 Å². The predicted octanol–water partition coefficient (Wildman–Crippen LogP) is 0.945. The quantitative estimate of drug-likeness (QED) is 0.257. The minimum atomic E-state index is -1.25. The number of carboxylic acid groups (broad SMARTS) is 1. The number of carbonyl (C=O) groups is 4. The van der Waals surface area contributed by atoms with Gasteiger partial charge in [0, 0.05) is 18.4 Å². The molecule has 3 rings (SSSR count). The summed E-state index contributed by atoms with van der Waals surface area (Å²) in [5.41, 5.74) is 0.139. The van der Waals surface area contributed by atoms with E-state index in [1.165, 1.54) is 30.0 Å². The summed E-state index contributed by atoms with van der Waals surface area (Å²) in [5, 5.41) is 25.2. The molecule has 28 heavy (non-hydrogen) atoms. The molecule has 0 bridgehead atoms. The largest absolute Gasteiger partial charge is 0.477 e. The number of thiophene rings is 1. The summed E-state index contributed by atoms with van der Waals surface area (Å²) >= 11 is 3.50. The molecule has 2 aliphatic heterocycles. The van der Waals surface area contributed by atoms with Crippen LogP contribution in [0.2, 0.25) is 0 Å². The number of rotatable bonds is 6. The fourth-order valence-electron chi connectivity index (χ4n) is 2.81. The molecule has 0 aliphatic carbocycles. The van der Waals surface area contributed by atoms with Crippen LogP contribution in [-0.4, -0.2) is 66.7 Å². The SMILES string of the molecule is CC(=O)SCC1=C(C(=O)O)N2C(=O)[C@@H](NC(=O)C(=NO)c3cccs3)[C@H]2SC1. The van der Waals surface area contributed by atoms with Crippen LogP contribution < -0.4 is 5.32 Å². The molecule has 2 atom stereocenters. The molecule has 148 valence electrons. The summed E-state index contributed by atoms with van der Waals surface area (Å²) in [4.78, 5) is 49.4. The van der Waals surface area contributed by atoms with E-state index in [1.54, 1.807) is 17.5 Å². The number of thioether (sulfide) groups is 2. The number of fused-ring (bicyclic) bond motifs is 1. The van der Waals surface area contributed by atoms with Crippen molar-refractivity contribution in [3.05, 3.63) is 33.7 Å². The number of β-lactam (4-membered cyclic amide) rings is 1. The van der Waals surface area contributed by atoms with Crippen molar-refractivity contribution >= 4 is 63.5 Å². The van der Waals surface area contributed by atoms with E-state index in [0.29, 0.717) is 16.2 Å². The highest BCUT2D eigenvalue weighted by Gasteiger charge is 2.54. The van der Waals surface area contributed by atoms with E-state index < -0.39 is 29.2 Å². The Hall–Kier alpha value is -2.31. The Morgan fingerprint density at radius 3 is 2.75 bits per heavy atom. The van der Waals surface area contributed by atoms with Crippen molar-refractivity contribution in [3.8, 4) is 0 Å². The Bertz CT molecular complexity index is 895. The van der Waals surface area contributed by atoms with Crippen molar-refractivity contribution < 1.29 is 29.5 Å². The van der Waals surface area contributed by atoms with Gasteiger partial charge in [-0.15, -0.1) is 23.1 Å². The van der Waals surface area contributed by atoms with E-state index >= 15 is 0 Å². The van der Waals surface area contributed by atoms with Crippen molar-refractivity contribution in [1.82, 2.24) is 10.2 Å². The first kappa shape index (κ1) is 20.4. The molecule has 2 aliphatic rings. The highest BCUT2D eigenvalue weighted by Crippen LogP contribution is 2.41. The van der Waals surface area contributed by atoms with Crippen LogP contribution in [0.3, 0.4) is 0 Å². The molecule has 12 heteroatoms. The van der Waals surface area contributed by atoms with E-state index in [0.717, 1.165) is 16.7 Å². The summed E-state index contributed by atoms with van der Waals surface area (Å²) in [6, 6.07) is 2.37. The van der Waals surface area contributed by atoms with Gasteiger partial charge in [-0.25, -0.2) is 4.79 Å². The molecule has 1 aromatic rings. The first-order valence-corrected chi connectivity index (χ1v) is 10.9. The zero-order valence-electron chi connectivity index (χ0n) is 14.4. The number of hydrogen-bond acceptors (Lipinski definition) is 9. The Balaban J connectivity index is 1.76. The lowest BCUT2D eigenvalue weighted by Gasteiger charge is -2.49. The van der Waals surface area contributed by atoms with Crippen molar-refractivity contribution in [1.29, 1.82) is 0 Å². The van der Waals surface area contributed by atoms with E-state index in [1.807, 2.05) is 0 Å². The summed E-state index contributed by atoms with van der Waals surface area (Å²) < 4.78 is 0. The van der Waals surface area contributed by atoms with E-state index in [-0.39, 0.29) is 22.3 Å². The minimum Gasteiger partial charge on any atom is -0.477 e. The fraction of sp³-hybridized carbons (Fsp3) is 0.312. The highest BCUT2D eigenvalue weighted by atomic mass is 32.2.